The molecule has 2 aromatic heterocycles. The van der Waals surface area contributed by atoms with Gasteiger partial charge in [0.15, 0.2) is 0 Å². The van der Waals surface area contributed by atoms with E-state index in [1.54, 1.807) is 0 Å². The quantitative estimate of drug-likeness (QED) is 0.922. The molecule has 0 amide bonds. The Kier molecular flexibility index (Phi) is 3.72. The van der Waals surface area contributed by atoms with Gasteiger partial charge in [-0.3, -0.25) is 4.98 Å². The first-order valence-corrected chi connectivity index (χ1v) is 7.43. The molecule has 1 saturated carbocycles. The van der Waals surface area contributed by atoms with Crippen molar-refractivity contribution in [2.75, 3.05) is 5.32 Å². The first-order valence-electron chi connectivity index (χ1n) is 7.43. The third-order valence-electron chi connectivity index (χ3n) is 4.16. The van der Waals surface area contributed by atoms with Crippen molar-refractivity contribution >= 4 is 5.95 Å². The fourth-order valence-electron chi connectivity index (χ4n) is 2.96. The molecule has 3 rings (SSSR count). The van der Waals surface area contributed by atoms with Crippen LogP contribution in [-0.2, 0) is 6.54 Å². The molecule has 0 atom stereocenters. The molecule has 1 aliphatic rings. The predicted octanol–water partition coefficient (Wildman–Crippen LogP) is 3.62. The average Bonchev–Trinajstić information content (AvgIpc) is 3.07. The average molecular weight is 270 g/mol. The number of aromatic nitrogens is 3. The van der Waals surface area contributed by atoms with Gasteiger partial charge in [-0.2, -0.15) is 0 Å². The molecule has 2 heterocycles. The Balaban J connectivity index is 1.75. The molecular weight excluding hydrogens is 248 g/mol. The molecule has 0 unspecified atom stereocenters. The van der Waals surface area contributed by atoms with Crippen LogP contribution < -0.4 is 5.32 Å². The van der Waals surface area contributed by atoms with Gasteiger partial charge in [-0.05, 0) is 43.9 Å². The van der Waals surface area contributed by atoms with E-state index in [1.165, 1.54) is 36.8 Å². The Morgan fingerprint density at radius 2 is 2.10 bits per heavy atom. The monoisotopic (exact) mass is 270 g/mol. The molecular formula is C16H22N4. The summed E-state index contributed by atoms with van der Waals surface area (Å²) in [5, 5.41) is 3.48. The molecule has 1 aliphatic carbocycles. The fourth-order valence-corrected chi connectivity index (χ4v) is 2.96. The lowest BCUT2D eigenvalue weighted by atomic mass is 10.2. The van der Waals surface area contributed by atoms with Gasteiger partial charge >= 0.3 is 0 Å². The van der Waals surface area contributed by atoms with Gasteiger partial charge < -0.3 is 9.88 Å². The van der Waals surface area contributed by atoms with E-state index < -0.39 is 0 Å². The maximum Gasteiger partial charge on any atom is 0.203 e. The highest BCUT2D eigenvalue weighted by Crippen LogP contribution is 2.32. The lowest BCUT2D eigenvalue weighted by Crippen LogP contribution is -2.11. The third kappa shape index (κ3) is 2.69. The molecule has 4 nitrogen and oxygen atoms in total. The normalized spacial score (nSPS) is 15.7. The van der Waals surface area contributed by atoms with E-state index >= 15 is 0 Å². The van der Waals surface area contributed by atoms with Gasteiger partial charge in [0.05, 0.1) is 5.69 Å². The van der Waals surface area contributed by atoms with Crippen LogP contribution in [0.5, 0.6) is 0 Å². The van der Waals surface area contributed by atoms with Crippen molar-refractivity contribution in [3.8, 4) is 0 Å². The Hall–Kier alpha value is -1.84. The zero-order chi connectivity index (χ0) is 13.9. The van der Waals surface area contributed by atoms with E-state index in [-0.39, 0.29) is 0 Å². The van der Waals surface area contributed by atoms with Gasteiger partial charge in [0.2, 0.25) is 5.95 Å². The van der Waals surface area contributed by atoms with Gasteiger partial charge in [0.25, 0.3) is 0 Å². The number of hydrogen-bond acceptors (Lipinski definition) is 3. The summed E-state index contributed by atoms with van der Waals surface area (Å²) in [7, 11) is 0. The smallest absolute Gasteiger partial charge is 0.203 e. The van der Waals surface area contributed by atoms with Gasteiger partial charge in [-0.1, -0.05) is 12.8 Å². The molecule has 106 valence electrons. The largest absolute Gasteiger partial charge is 0.351 e. The van der Waals surface area contributed by atoms with Crippen LogP contribution in [0, 0.1) is 13.8 Å². The SMILES string of the molecule is Cc1cn(C2CCCC2)c(NCc2cnccc2C)n1. The second-order valence-corrected chi connectivity index (χ2v) is 5.71. The highest BCUT2D eigenvalue weighted by molar-refractivity contribution is 5.33. The van der Waals surface area contributed by atoms with Crippen molar-refractivity contribution in [2.24, 2.45) is 0 Å². The molecule has 20 heavy (non-hydrogen) atoms. The van der Waals surface area contributed by atoms with Crippen LogP contribution in [0.4, 0.5) is 5.95 Å². The van der Waals surface area contributed by atoms with E-state index in [2.05, 4.69) is 39.9 Å². The number of anilines is 1. The molecule has 0 bridgehead atoms. The minimum Gasteiger partial charge on any atom is -0.351 e. The van der Waals surface area contributed by atoms with E-state index in [4.69, 9.17) is 0 Å². The first kappa shape index (κ1) is 13.2. The Bertz CT molecular complexity index is 582. The van der Waals surface area contributed by atoms with Crippen molar-refractivity contribution in [3.05, 3.63) is 41.5 Å². The van der Waals surface area contributed by atoms with Crippen LogP contribution in [0.15, 0.2) is 24.7 Å². The van der Waals surface area contributed by atoms with Crippen LogP contribution in [0.3, 0.4) is 0 Å². The predicted molar refractivity (Wildman–Crippen MR) is 80.8 cm³/mol. The van der Waals surface area contributed by atoms with E-state index in [0.717, 1.165) is 18.2 Å². The summed E-state index contributed by atoms with van der Waals surface area (Å²) >= 11 is 0. The van der Waals surface area contributed by atoms with E-state index in [9.17, 15) is 0 Å². The summed E-state index contributed by atoms with van der Waals surface area (Å²) in [6.07, 6.45) is 11.2. The number of aryl methyl sites for hydroxylation is 2. The fraction of sp³-hybridized carbons (Fsp3) is 0.500. The number of nitrogens with zero attached hydrogens (tertiary/aromatic N) is 3. The van der Waals surface area contributed by atoms with Gasteiger partial charge in [-0.25, -0.2) is 4.98 Å². The number of nitrogens with one attached hydrogen (secondary N) is 1. The van der Waals surface area contributed by atoms with Gasteiger partial charge in [-0.15, -0.1) is 0 Å². The first-order chi connectivity index (χ1) is 9.74. The van der Waals surface area contributed by atoms with Crippen molar-refractivity contribution in [2.45, 2.75) is 52.1 Å². The molecule has 1 fully saturated rings. The minimum atomic E-state index is 0.619. The highest BCUT2D eigenvalue weighted by atomic mass is 15.2. The molecule has 2 aromatic rings. The lowest BCUT2D eigenvalue weighted by molar-refractivity contribution is 0.522. The lowest BCUT2D eigenvalue weighted by Gasteiger charge is -2.16. The summed E-state index contributed by atoms with van der Waals surface area (Å²) in [5.41, 5.74) is 3.58. The molecule has 4 heteroatoms. The van der Waals surface area contributed by atoms with E-state index in [1.807, 2.05) is 18.5 Å². The molecule has 0 aromatic carbocycles. The number of imidazole rings is 1. The van der Waals surface area contributed by atoms with Crippen LogP contribution in [-0.4, -0.2) is 14.5 Å². The Morgan fingerprint density at radius 3 is 2.85 bits per heavy atom. The zero-order valence-corrected chi connectivity index (χ0v) is 12.3. The van der Waals surface area contributed by atoms with Crippen LogP contribution in [0.1, 0.15) is 48.5 Å². The van der Waals surface area contributed by atoms with Crippen LogP contribution in [0.25, 0.3) is 0 Å². The zero-order valence-electron chi connectivity index (χ0n) is 12.3. The van der Waals surface area contributed by atoms with Crippen molar-refractivity contribution in [1.29, 1.82) is 0 Å². The van der Waals surface area contributed by atoms with Crippen molar-refractivity contribution < 1.29 is 0 Å². The van der Waals surface area contributed by atoms with Gasteiger partial charge in [0.1, 0.15) is 0 Å². The summed E-state index contributed by atoms with van der Waals surface area (Å²) < 4.78 is 2.33. The molecule has 1 N–H and O–H groups in total. The number of hydrogen-bond donors (Lipinski definition) is 1. The second-order valence-electron chi connectivity index (χ2n) is 5.71. The van der Waals surface area contributed by atoms with Crippen molar-refractivity contribution in [1.82, 2.24) is 14.5 Å². The second kappa shape index (κ2) is 5.65. The summed E-state index contributed by atoms with van der Waals surface area (Å²) in [6.45, 7) is 4.96. The Labute approximate surface area is 120 Å². The number of rotatable bonds is 4. The molecule has 0 spiro atoms. The summed E-state index contributed by atoms with van der Waals surface area (Å²) in [4.78, 5) is 8.83. The molecule has 0 radical (unpaired) electrons. The van der Waals surface area contributed by atoms with Crippen molar-refractivity contribution in [3.63, 3.8) is 0 Å². The minimum absolute atomic E-state index is 0.619. The Morgan fingerprint density at radius 1 is 1.30 bits per heavy atom. The standard InChI is InChI=1S/C16H22N4/c1-12-7-8-17-9-14(12)10-18-16-19-13(2)11-20(16)15-5-3-4-6-15/h7-9,11,15H,3-6,10H2,1-2H3,(H,18,19). The maximum absolute atomic E-state index is 4.63. The highest BCUT2D eigenvalue weighted by Gasteiger charge is 2.20. The number of pyridine rings is 1. The molecule has 0 aliphatic heterocycles. The van der Waals surface area contributed by atoms with E-state index in [0.29, 0.717) is 6.04 Å². The maximum atomic E-state index is 4.63. The van der Waals surface area contributed by atoms with Crippen LogP contribution in [0.2, 0.25) is 0 Å². The topological polar surface area (TPSA) is 42.7 Å². The van der Waals surface area contributed by atoms with Crippen LogP contribution >= 0.6 is 0 Å². The van der Waals surface area contributed by atoms with Gasteiger partial charge in [0, 0.05) is 31.2 Å². The summed E-state index contributed by atoms with van der Waals surface area (Å²) in [6, 6.07) is 2.67. The molecule has 0 saturated heterocycles. The third-order valence-corrected chi connectivity index (χ3v) is 4.16. The summed E-state index contributed by atoms with van der Waals surface area (Å²) in [5.74, 6) is 0.998.